The van der Waals surface area contributed by atoms with Gasteiger partial charge in [-0.15, -0.1) is 11.3 Å². The first-order valence-electron chi connectivity index (χ1n) is 8.55. The van der Waals surface area contributed by atoms with Gasteiger partial charge < -0.3 is 10.1 Å². The summed E-state index contributed by atoms with van der Waals surface area (Å²) in [5.74, 6) is 0.710. The molecule has 2 rings (SSSR count). The van der Waals surface area contributed by atoms with Gasteiger partial charge >= 0.3 is 0 Å². The Morgan fingerprint density at radius 2 is 1.95 bits per heavy atom. The number of thiazole rings is 1. The summed E-state index contributed by atoms with van der Waals surface area (Å²) < 4.78 is 6.14. The molecular weight excluding hydrogens is 280 g/mol. The van der Waals surface area contributed by atoms with Crippen molar-refractivity contribution in [2.75, 3.05) is 13.2 Å². The Morgan fingerprint density at radius 1 is 1.24 bits per heavy atom. The van der Waals surface area contributed by atoms with Crippen molar-refractivity contribution in [2.24, 2.45) is 0 Å². The largest absolute Gasteiger partial charge is 0.368 e. The van der Waals surface area contributed by atoms with Crippen LogP contribution in [0.5, 0.6) is 0 Å². The second-order valence-electron chi connectivity index (χ2n) is 5.91. The highest BCUT2D eigenvalue weighted by molar-refractivity contribution is 7.11. The van der Waals surface area contributed by atoms with Gasteiger partial charge in [0.2, 0.25) is 0 Å². The standard InChI is InChI=1S/C17H30N2OS/c1-5-11-18-12-14-15(13-9-10-13)19-16(21-14)17(6-2,7-3)20-8-4/h13,18H,5-12H2,1-4H3. The summed E-state index contributed by atoms with van der Waals surface area (Å²) in [4.78, 5) is 6.47. The molecule has 1 heterocycles. The normalized spacial score (nSPS) is 15.6. The molecule has 0 bridgehead atoms. The van der Waals surface area contributed by atoms with Crippen LogP contribution >= 0.6 is 11.3 Å². The first-order valence-corrected chi connectivity index (χ1v) is 9.37. The lowest BCUT2D eigenvalue weighted by Gasteiger charge is -2.29. The second-order valence-corrected chi connectivity index (χ2v) is 7.00. The zero-order valence-corrected chi connectivity index (χ0v) is 14.8. The summed E-state index contributed by atoms with van der Waals surface area (Å²) in [6.45, 7) is 11.5. The molecule has 0 spiro atoms. The van der Waals surface area contributed by atoms with Crippen molar-refractivity contribution in [3.8, 4) is 0 Å². The zero-order valence-electron chi connectivity index (χ0n) is 14.0. The summed E-state index contributed by atoms with van der Waals surface area (Å²) >= 11 is 1.88. The molecule has 4 heteroatoms. The molecule has 1 saturated carbocycles. The van der Waals surface area contributed by atoms with Crippen molar-refractivity contribution in [2.45, 2.75) is 77.9 Å². The maximum Gasteiger partial charge on any atom is 0.125 e. The molecule has 0 aromatic carbocycles. The van der Waals surface area contributed by atoms with Gasteiger partial charge in [0, 0.05) is 23.9 Å². The van der Waals surface area contributed by atoms with Crippen molar-refractivity contribution in [3.63, 3.8) is 0 Å². The smallest absolute Gasteiger partial charge is 0.125 e. The highest BCUT2D eigenvalue weighted by atomic mass is 32.1. The molecule has 1 aromatic rings. The molecule has 0 radical (unpaired) electrons. The van der Waals surface area contributed by atoms with E-state index in [0.29, 0.717) is 5.92 Å². The topological polar surface area (TPSA) is 34.1 Å². The number of aromatic nitrogens is 1. The lowest BCUT2D eigenvalue weighted by atomic mass is 9.98. The van der Waals surface area contributed by atoms with E-state index in [-0.39, 0.29) is 5.60 Å². The monoisotopic (exact) mass is 310 g/mol. The molecule has 21 heavy (non-hydrogen) atoms. The third kappa shape index (κ3) is 3.85. The fraction of sp³-hybridized carbons (Fsp3) is 0.824. The van der Waals surface area contributed by atoms with Crippen molar-refractivity contribution in [3.05, 3.63) is 15.6 Å². The van der Waals surface area contributed by atoms with Gasteiger partial charge in [-0.1, -0.05) is 20.8 Å². The van der Waals surface area contributed by atoms with Gasteiger partial charge in [-0.2, -0.15) is 0 Å². The fourth-order valence-corrected chi connectivity index (χ4v) is 4.24. The lowest BCUT2D eigenvalue weighted by molar-refractivity contribution is -0.0507. The Morgan fingerprint density at radius 3 is 2.48 bits per heavy atom. The maximum absolute atomic E-state index is 6.14. The van der Waals surface area contributed by atoms with Crippen LogP contribution in [0.15, 0.2) is 0 Å². The average Bonchev–Trinajstić information content (AvgIpc) is 3.26. The Kier molecular flexibility index (Phi) is 6.20. The maximum atomic E-state index is 6.14. The third-order valence-corrected chi connectivity index (χ3v) is 5.61. The molecule has 1 N–H and O–H groups in total. The molecule has 1 fully saturated rings. The minimum Gasteiger partial charge on any atom is -0.368 e. The average molecular weight is 311 g/mol. The van der Waals surface area contributed by atoms with Crippen LogP contribution in [0, 0.1) is 0 Å². The molecule has 1 aliphatic rings. The molecule has 0 saturated heterocycles. The van der Waals surface area contributed by atoms with E-state index < -0.39 is 0 Å². The Labute approximate surface area is 133 Å². The van der Waals surface area contributed by atoms with Crippen LogP contribution in [0.3, 0.4) is 0 Å². The zero-order chi connectivity index (χ0) is 15.3. The highest BCUT2D eigenvalue weighted by Gasteiger charge is 2.36. The molecule has 0 aliphatic heterocycles. The van der Waals surface area contributed by atoms with E-state index in [9.17, 15) is 0 Å². The fourth-order valence-electron chi connectivity index (χ4n) is 2.83. The summed E-state index contributed by atoms with van der Waals surface area (Å²) in [7, 11) is 0. The molecular formula is C17H30N2OS. The van der Waals surface area contributed by atoms with Gasteiger partial charge in [0.25, 0.3) is 0 Å². The molecule has 3 nitrogen and oxygen atoms in total. The SMILES string of the molecule is CCCNCc1sc(C(CC)(CC)OCC)nc1C1CC1. The number of nitrogens with zero attached hydrogens (tertiary/aromatic N) is 1. The van der Waals surface area contributed by atoms with Gasteiger partial charge in [-0.3, -0.25) is 0 Å². The minimum absolute atomic E-state index is 0.175. The molecule has 0 unspecified atom stereocenters. The van der Waals surface area contributed by atoms with Gasteiger partial charge in [-0.25, -0.2) is 4.98 Å². The van der Waals surface area contributed by atoms with Crippen molar-refractivity contribution in [1.82, 2.24) is 10.3 Å². The number of hydrogen-bond donors (Lipinski definition) is 1. The third-order valence-electron chi connectivity index (χ3n) is 4.36. The minimum atomic E-state index is -0.175. The van der Waals surface area contributed by atoms with Gasteiger partial charge in [0.05, 0.1) is 5.69 Å². The van der Waals surface area contributed by atoms with Gasteiger partial charge in [0.15, 0.2) is 0 Å². The Hall–Kier alpha value is -0.450. The van der Waals surface area contributed by atoms with Gasteiger partial charge in [0.1, 0.15) is 10.6 Å². The van der Waals surface area contributed by atoms with Crippen LogP contribution < -0.4 is 5.32 Å². The van der Waals surface area contributed by atoms with Crippen LogP contribution in [0.4, 0.5) is 0 Å². The van der Waals surface area contributed by atoms with Crippen molar-refractivity contribution >= 4 is 11.3 Å². The number of ether oxygens (including phenoxy) is 1. The predicted octanol–water partition coefficient (Wildman–Crippen LogP) is 4.57. The molecule has 1 aromatic heterocycles. The van der Waals surface area contributed by atoms with E-state index in [0.717, 1.165) is 32.5 Å². The molecule has 0 atom stereocenters. The van der Waals surface area contributed by atoms with Crippen molar-refractivity contribution < 1.29 is 4.74 Å². The molecule has 1 aliphatic carbocycles. The quantitative estimate of drug-likeness (QED) is 0.643. The lowest BCUT2D eigenvalue weighted by Crippen LogP contribution is -2.28. The van der Waals surface area contributed by atoms with Crippen molar-refractivity contribution in [1.29, 1.82) is 0 Å². The van der Waals surface area contributed by atoms with E-state index in [2.05, 4.69) is 33.0 Å². The van der Waals surface area contributed by atoms with Crippen LogP contribution in [0.1, 0.15) is 81.3 Å². The summed E-state index contributed by atoms with van der Waals surface area (Å²) in [5, 5.41) is 4.74. The molecule has 0 amide bonds. The first kappa shape index (κ1) is 16.9. The first-order chi connectivity index (χ1) is 10.2. The summed E-state index contributed by atoms with van der Waals surface area (Å²) in [5.41, 5.74) is 1.18. The summed E-state index contributed by atoms with van der Waals surface area (Å²) in [6.07, 6.45) is 5.79. The molecule has 120 valence electrons. The highest BCUT2D eigenvalue weighted by Crippen LogP contribution is 2.45. The van der Waals surface area contributed by atoms with Crippen LogP contribution in [0.2, 0.25) is 0 Å². The second kappa shape index (κ2) is 7.70. The van der Waals surface area contributed by atoms with E-state index in [1.807, 2.05) is 11.3 Å². The van der Waals surface area contributed by atoms with Crippen LogP contribution in [-0.2, 0) is 16.9 Å². The van der Waals surface area contributed by atoms with Crippen LogP contribution in [-0.4, -0.2) is 18.1 Å². The van der Waals surface area contributed by atoms with E-state index >= 15 is 0 Å². The van der Waals surface area contributed by atoms with Gasteiger partial charge in [-0.05, 0) is 45.6 Å². The summed E-state index contributed by atoms with van der Waals surface area (Å²) in [6, 6.07) is 0. The number of nitrogens with one attached hydrogen (secondary N) is 1. The van der Waals surface area contributed by atoms with E-state index in [4.69, 9.17) is 9.72 Å². The van der Waals surface area contributed by atoms with E-state index in [1.165, 1.54) is 34.8 Å². The van der Waals surface area contributed by atoms with E-state index in [1.54, 1.807) is 0 Å². The Balaban J connectivity index is 2.24. The van der Waals surface area contributed by atoms with Crippen LogP contribution in [0.25, 0.3) is 0 Å². The predicted molar refractivity (Wildman–Crippen MR) is 90.0 cm³/mol. The Bertz CT molecular complexity index is 436. The number of rotatable bonds is 10. The number of hydrogen-bond acceptors (Lipinski definition) is 4.